The highest BCUT2D eigenvalue weighted by atomic mass is 31.1. The van der Waals surface area contributed by atoms with Crippen molar-refractivity contribution in [3.8, 4) is 0 Å². The molecule has 0 heterocycles. The van der Waals surface area contributed by atoms with Gasteiger partial charge in [0.25, 0.3) is 0 Å². The number of hydrogen-bond donors (Lipinski definition) is 0. The Morgan fingerprint density at radius 3 is 0.391 bits per heavy atom. The zero-order chi connectivity index (χ0) is 63.7. The lowest BCUT2D eigenvalue weighted by Gasteiger charge is -2.18. The maximum atomic E-state index is 11.6. The van der Waals surface area contributed by atoms with E-state index in [-0.39, 0.29) is 17.3 Å². The molecular weight excluding hydrogens is 1150 g/mol. The smallest absolute Gasteiger partial charge is 0.178 e. The van der Waals surface area contributed by atoms with E-state index in [1.165, 1.54) is 31.8 Å². The van der Waals surface area contributed by atoms with Crippen molar-refractivity contribution in [1.29, 1.82) is 0 Å². The van der Waals surface area contributed by atoms with E-state index < -0.39 is 15.8 Å². The average Bonchev–Trinajstić information content (AvgIpc) is 1.36. The normalized spacial score (nSPS) is 10.9. The molecule has 12 aromatic carbocycles. The van der Waals surface area contributed by atoms with Gasteiger partial charge in [-0.15, -0.1) is 0 Å². The molecule has 0 saturated carbocycles. The lowest BCUT2D eigenvalue weighted by atomic mass is 10.1. The first-order valence-corrected chi connectivity index (χ1v) is 33.0. The second-order valence-corrected chi connectivity index (χ2v) is 24.8. The minimum absolute atomic E-state index is 0.0114. The Morgan fingerprint density at radius 2 is 0.272 bits per heavy atom. The third-order valence-electron chi connectivity index (χ3n) is 13.5. The van der Waals surface area contributed by atoms with Gasteiger partial charge in [-0.05, 0) is 118 Å². The number of rotatable bonds is 18. The molecule has 0 N–H and O–H groups in total. The molecule has 0 fully saturated rings. The molecule has 12 rings (SSSR count). The Morgan fingerprint density at radius 1 is 0.163 bits per heavy atom. The molecule has 0 unspecified atom stereocenters. The average molecular weight is 1230 g/mol. The lowest BCUT2D eigenvalue weighted by Crippen LogP contribution is -2.20. The highest BCUT2D eigenvalue weighted by molar-refractivity contribution is 7.80. The topological polar surface area (TPSA) is 51.2 Å². The standard InChI is InChI=1S/2C18H15P.3C17H14O/c2*1-4-10-16(11-5-1)19(17-12-6-2-7-13-17)18-14-8-3-9-15-18;3*18-17(13-11-15-7-3-1-4-8-15)14-12-16-9-5-2-6-10-16/h2*1-15H;3*1-14H. The van der Waals surface area contributed by atoms with E-state index in [2.05, 4.69) is 182 Å². The van der Waals surface area contributed by atoms with Gasteiger partial charge < -0.3 is 0 Å². The zero-order valence-electron chi connectivity index (χ0n) is 51.2. The van der Waals surface area contributed by atoms with Crippen LogP contribution in [0.5, 0.6) is 0 Å². The van der Waals surface area contributed by atoms with Gasteiger partial charge in [0, 0.05) is 0 Å². The van der Waals surface area contributed by atoms with Crippen molar-refractivity contribution in [2.75, 3.05) is 0 Å². The van der Waals surface area contributed by atoms with Gasteiger partial charge in [0.2, 0.25) is 0 Å². The Balaban J connectivity index is 0.000000148. The number of benzene rings is 12. The fourth-order valence-corrected chi connectivity index (χ4v) is 13.6. The van der Waals surface area contributed by atoms with Crippen LogP contribution >= 0.6 is 15.8 Å². The van der Waals surface area contributed by atoms with E-state index in [9.17, 15) is 14.4 Å². The van der Waals surface area contributed by atoms with Crippen molar-refractivity contribution < 1.29 is 14.4 Å². The molecule has 0 aromatic heterocycles. The first kappa shape index (κ1) is 66.9. The molecule has 92 heavy (non-hydrogen) atoms. The zero-order valence-corrected chi connectivity index (χ0v) is 53.0. The molecule has 0 aliphatic carbocycles. The second kappa shape index (κ2) is 39.8. The number of carbonyl (C=O) groups excluding carboxylic acids is 3. The van der Waals surface area contributed by atoms with Crippen molar-refractivity contribution >= 4 is 101 Å². The SMILES string of the molecule is O=C(C=Cc1ccccc1)C=Cc1ccccc1.O=C(C=Cc1ccccc1)C=Cc1ccccc1.O=C(C=Cc1ccccc1)C=Cc1ccccc1.c1ccc(P(c2ccccc2)c2ccccc2)cc1.c1ccc(P(c2ccccc2)c2ccccc2)cc1. The fraction of sp³-hybridized carbons (Fsp3) is 0. The van der Waals surface area contributed by atoms with Crippen LogP contribution in [-0.4, -0.2) is 17.3 Å². The van der Waals surface area contributed by atoms with Crippen LogP contribution in [0.3, 0.4) is 0 Å². The van der Waals surface area contributed by atoms with E-state index in [0.717, 1.165) is 33.4 Å². The molecule has 0 radical (unpaired) electrons. The summed E-state index contributed by atoms with van der Waals surface area (Å²) in [5.74, 6) is -0.0341. The highest BCUT2D eigenvalue weighted by Crippen LogP contribution is 2.33. The highest BCUT2D eigenvalue weighted by Gasteiger charge is 2.16. The first-order valence-electron chi connectivity index (χ1n) is 30.3. The fourth-order valence-electron chi connectivity index (χ4n) is 8.98. The summed E-state index contributed by atoms with van der Waals surface area (Å²) in [5.41, 5.74) is 6.16. The van der Waals surface area contributed by atoms with Gasteiger partial charge >= 0.3 is 0 Å². The van der Waals surface area contributed by atoms with Gasteiger partial charge in [0.05, 0.1) is 0 Å². The molecular formula is C87H72O3P2. The molecule has 0 atom stereocenters. The van der Waals surface area contributed by atoms with Crippen molar-refractivity contribution in [2.24, 2.45) is 0 Å². The minimum Gasteiger partial charge on any atom is -0.290 e. The summed E-state index contributed by atoms with van der Waals surface area (Å²) in [6.07, 6.45) is 20.4. The molecule has 0 bridgehead atoms. The van der Waals surface area contributed by atoms with E-state index in [0.29, 0.717) is 0 Å². The van der Waals surface area contributed by atoms with E-state index in [4.69, 9.17) is 0 Å². The van der Waals surface area contributed by atoms with Gasteiger partial charge in [-0.2, -0.15) is 0 Å². The number of carbonyl (C=O) groups is 3. The maximum absolute atomic E-state index is 11.6. The predicted octanol–water partition coefficient (Wildman–Crippen LogP) is 18.8. The van der Waals surface area contributed by atoms with Crippen molar-refractivity contribution in [3.05, 3.63) is 434 Å². The molecule has 0 aliphatic heterocycles. The van der Waals surface area contributed by atoms with Crippen molar-refractivity contribution in [2.45, 2.75) is 0 Å². The molecule has 12 aromatic rings. The minimum atomic E-state index is -0.446. The number of ketones is 3. The van der Waals surface area contributed by atoms with Crippen LogP contribution in [0.1, 0.15) is 33.4 Å². The molecule has 3 nitrogen and oxygen atoms in total. The summed E-state index contributed by atoms with van der Waals surface area (Å²) in [6.45, 7) is 0. The summed E-state index contributed by atoms with van der Waals surface area (Å²) in [7, 11) is -0.892. The van der Waals surface area contributed by atoms with E-state index >= 15 is 0 Å². The van der Waals surface area contributed by atoms with Crippen LogP contribution in [-0.2, 0) is 14.4 Å². The monoisotopic (exact) mass is 1230 g/mol. The Labute approximate surface area is 546 Å². The number of hydrogen-bond acceptors (Lipinski definition) is 3. The summed E-state index contributed by atoms with van der Waals surface area (Å²) < 4.78 is 0. The van der Waals surface area contributed by atoms with Crippen LogP contribution in [0.15, 0.2) is 400 Å². The first-order chi connectivity index (χ1) is 45.4. The Hall–Kier alpha value is -11.1. The van der Waals surface area contributed by atoms with Gasteiger partial charge in [0.1, 0.15) is 0 Å². The molecule has 0 saturated heterocycles. The third kappa shape index (κ3) is 24.8. The van der Waals surface area contributed by atoms with E-state index in [1.807, 2.05) is 218 Å². The Bertz CT molecular complexity index is 3470. The number of allylic oxidation sites excluding steroid dienone is 6. The van der Waals surface area contributed by atoms with Crippen LogP contribution < -0.4 is 31.8 Å². The largest absolute Gasteiger partial charge is 0.290 e. The van der Waals surface area contributed by atoms with Crippen molar-refractivity contribution in [1.82, 2.24) is 0 Å². The summed E-state index contributed by atoms with van der Waals surface area (Å²) in [4.78, 5) is 34.8. The van der Waals surface area contributed by atoms with Crippen LogP contribution in [0, 0.1) is 0 Å². The quantitative estimate of drug-likeness (QED) is 0.0635. The molecule has 0 amide bonds. The molecule has 448 valence electrons. The van der Waals surface area contributed by atoms with E-state index in [1.54, 1.807) is 36.5 Å². The van der Waals surface area contributed by atoms with Gasteiger partial charge in [-0.3, -0.25) is 14.4 Å². The van der Waals surface area contributed by atoms with Gasteiger partial charge in [0.15, 0.2) is 17.3 Å². The maximum Gasteiger partial charge on any atom is 0.178 e. The van der Waals surface area contributed by atoms with Crippen LogP contribution in [0.2, 0.25) is 0 Å². The summed E-state index contributed by atoms with van der Waals surface area (Å²) in [5, 5.41) is 8.39. The second-order valence-electron chi connectivity index (χ2n) is 20.4. The van der Waals surface area contributed by atoms with Crippen LogP contribution in [0.25, 0.3) is 36.5 Å². The summed E-state index contributed by atoms with van der Waals surface area (Å²) in [6, 6.07) is 123. The molecule has 5 heteroatoms. The Kier molecular flexibility index (Phi) is 28.9. The molecule has 0 spiro atoms. The summed E-state index contributed by atoms with van der Waals surface area (Å²) >= 11 is 0. The third-order valence-corrected chi connectivity index (χ3v) is 18.4. The van der Waals surface area contributed by atoms with Crippen molar-refractivity contribution in [3.63, 3.8) is 0 Å². The van der Waals surface area contributed by atoms with Gasteiger partial charge in [-0.25, -0.2) is 0 Å². The molecule has 0 aliphatic rings. The lowest BCUT2D eigenvalue weighted by molar-refractivity contribution is -0.111. The predicted molar refractivity (Wildman–Crippen MR) is 398 cm³/mol. The van der Waals surface area contributed by atoms with Gasteiger partial charge in [-0.1, -0.05) is 400 Å². The van der Waals surface area contributed by atoms with Crippen LogP contribution in [0.4, 0.5) is 0 Å².